The first-order valence-electron chi connectivity index (χ1n) is 5.22. The van der Waals surface area contributed by atoms with E-state index < -0.39 is 0 Å². The molecule has 0 saturated heterocycles. The Kier molecular flexibility index (Phi) is 4.70. The fourth-order valence-corrected chi connectivity index (χ4v) is 2.69. The molecule has 0 spiro atoms. The van der Waals surface area contributed by atoms with Crippen LogP contribution in [0.3, 0.4) is 0 Å². The molecular formula is C13H8BrClINO2. The van der Waals surface area contributed by atoms with Crippen molar-refractivity contribution >= 4 is 61.7 Å². The quantitative estimate of drug-likeness (QED) is 0.651. The van der Waals surface area contributed by atoms with E-state index in [1.807, 2.05) is 0 Å². The summed E-state index contributed by atoms with van der Waals surface area (Å²) in [7, 11) is 0. The minimum absolute atomic E-state index is 0.0263. The van der Waals surface area contributed by atoms with E-state index in [-0.39, 0.29) is 11.7 Å². The zero-order chi connectivity index (χ0) is 14.0. The van der Waals surface area contributed by atoms with Crippen molar-refractivity contribution in [2.45, 2.75) is 0 Å². The highest BCUT2D eigenvalue weighted by Gasteiger charge is 2.10. The molecule has 0 heterocycles. The molecule has 0 fully saturated rings. The number of phenols is 1. The summed E-state index contributed by atoms with van der Waals surface area (Å²) in [5.74, 6) is -0.263. The van der Waals surface area contributed by atoms with Crippen molar-refractivity contribution in [2.75, 3.05) is 5.32 Å². The highest BCUT2D eigenvalue weighted by molar-refractivity contribution is 14.1. The number of rotatable bonds is 2. The Balaban J connectivity index is 2.23. The Labute approximate surface area is 137 Å². The van der Waals surface area contributed by atoms with E-state index in [0.717, 1.165) is 3.57 Å². The average Bonchev–Trinajstić information content (AvgIpc) is 2.36. The normalized spacial score (nSPS) is 10.3. The fraction of sp³-hybridized carbons (Fsp3) is 0. The van der Waals surface area contributed by atoms with Gasteiger partial charge in [-0.3, -0.25) is 4.79 Å². The number of halogens is 3. The van der Waals surface area contributed by atoms with Crippen LogP contribution in [-0.4, -0.2) is 11.0 Å². The lowest BCUT2D eigenvalue weighted by Crippen LogP contribution is -2.12. The van der Waals surface area contributed by atoms with E-state index in [1.54, 1.807) is 30.3 Å². The van der Waals surface area contributed by atoms with E-state index in [0.29, 0.717) is 20.7 Å². The summed E-state index contributed by atoms with van der Waals surface area (Å²) < 4.78 is 1.39. The van der Waals surface area contributed by atoms with Gasteiger partial charge in [0.15, 0.2) is 0 Å². The Morgan fingerprint density at radius 1 is 1.26 bits per heavy atom. The number of carbonyl (C=O) groups excluding carboxylic acids is 1. The van der Waals surface area contributed by atoms with Crippen LogP contribution in [-0.2, 0) is 0 Å². The summed E-state index contributed by atoms with van der Waals surface area (Å²) in [5.41, 5.74) is 1.06. The molecule has 19 heavy (non-hydrogen) atoms. The van der Waals surface area contributed by atoms with Gasteiger partial charge in [0.2, 0.25) is 0 Å². The van der Waals surface area contributed by atoms with Crippen molar-refractivity contribution < 1.29 is 9.90 Å². The first kappa shape index (κ1) is 14.6. The molecule has 0 saturated carbocycles. The number of amides is 1. The molecule has 0 bridgehead atoms. The van der Waals surface area contributed by atoms with Crippen LogP contribution in [0.2, 0.25) is 5.02 Å². The van der Waals surface area contributed by atoms with E-state index in [2.05, 4.69) is 43.8 Å². The standard InChI is InChI=1S/C13H8BrClINO2/c14-9-3-1-7(5-12(9)18)13(19)17-11-4-2-8(15)6-10(11)16/h1-6,18H,(H,17,19). The maximum absolute atomic E-state index is 12.0. The monoisotopic (exact) mass is 451 g/mol. The molecule has 2 aromatic rings. The molecule has 6 heteroatoms. The molecular weight excluding hydrogens is 444 g/mol. The smallest absolute Gasteiger partial charge is 0.255 e. The summed E-state index contributed by atoms with van der Waals surface area (Å²) in [6.45, 7) is 0. The van der Waals surface area contributed by atoms with Crippen LogP contribution in [0.1, 0.15) is 10.4 Å². The third kappa shape index (κ3) is 3.61. The second-order valence-electron chi connectivity index (χ2n) is 3.74. The zero-order valence-corrected chi connectivity index (χ0v) is 14.0. The van der Waals surface area contributed by atoms with Crippen LogP contribution < -0.4 is 5.32 Å². The number of aromatic hydroxyl groups is 1. The molecule has 0 aliphatic rings. The van der Waals surface area contributed by atoms with Gasteiger partial charge in [-0.25, -0.2) is 0 Å². The minimum Gasteiger partial charge on any atom is -0.507 e. The third-order valence-electron chi connectivity index (χ3n) is 2.39. The lowest BCUT2D eigenvalue weighted by molar-refractivity contribution is 0.102. The van der Waals surface area contributed by atoms with Gasteiger partial charge in [0.05, 0.1) is 10.2 Å². The molecule has 2 rings (SSSR count). The predicted octanol–water partition coefficient (Wildman–Crippen LogP) is 4.67. The highest BCUT2D eigenvalue weighted by atomic mass is 127. The molecule has 1 amide bonds. The van der Waals surface area contributed by atoms with Gasteiger partial charge in [0.25, 0.3) is 5.91 Å². The van der Waals surface area contributed by atoms with Gasteiger partial charge in [-0.1, -0.05) is 11.6 Å². The second-order valence-corrected chi connectivity index (χ2v) is 6.20. The van der Waals surface area contributed by atoms with E-state index in [9.17, 15) is 9.90 Å². The molecule has 0 aliphatic carbocycles. The Hall–Kier alpha value is -0.790. The lowest BCUT2D eigenvalue weighted by Gasteiger charge is -2.08. The van der Waals surface area contributed by atoms with Gasteiger partial charge < -0.3 is 10.4 Å². The largest absolute Gasteiger partial charge is 0.507 e. The second kappa shape index (κ2) is 6.11. The summed E-state index contributed by atoms with van der Waals surface area (Å²) in [6, 6.07) is 9.86. The number of anilines is 1. The van der Waals surface area contributed by atoms with Gasteiger partial charge in [-0.2, -0.15) is 0 Å². The van der Waals surface area contributed by atoms with Crippen molar-refractivity contribution in [3.05, 3.63) is 55.0 Å². The van der Waals surface area contributed by atoms with Crippen LogP contribution in [0.4, 0.5) is 5.69 Å². The molecule has 0 unspecified atom stereocenters. The summed E-state index contributed by atoms with van der Waals surface area (Å²) in [4.78, 5) is 12.0. The Morgan fingerprint density at radius 3 is 2.63 bits per heavy atom. The average molecular weight is 452 g/mol. The number of nitrogens with one attached hydrogen (secondary N) is 1. The van der Waals surface area contributed by atoms with Crippen molar-refractivity contribution in [2.24, 2.45) is 0 Å². The maximum atomic E-state index is 12.0. The Bertz CT molecular complexity index is 649. The molecule has 0 aromatic heterocycles. The van der Waals surface area contributed by atoms with Gasteiger partial charge in [-0.05, 0) is 74.9 Å². The molecule has 2 aromatic carbocycles. The molecule has 3 nitrogen and oxygen atoms in total. The van der Waals surface area contributed by atoms with E-state index in [1.165, 1.54) is 6.07 Å². The first-order valence-corrected chi connectivity index (χ1v) is 7.47. The van der Waals surface area contributed by atoms with Gasteiger partial charge in [0.1, 0.15) is 5.75 Å². The third-order valence-corrected chi connectivity index (χ3v) is 4.19. The topological polar surface area (TPSA) is 49.3 Å². The summed E-state index contributed by atoms with van der Waals surface area (Å²) in [6.07, 6.45) is 0. The number of carbonyl (C=O) groups is 1. The SMILES string of the molecule is O=C(Nc1ccc(Cl)cc1I)c1ccc(Br)c(O)c1. The predicted molar refractivity (Wildman–Crippen MR) is 87.9 cm³/mol. The van der Waals surface area contributed by atoms with Crippen molar-refractivity contribution in [3.8, 4) is 5.75 Å². The lowest BCUT2D eigenvalue weighted by atomic mass is 10.2. The van der Waals surface area contributed by atoms with Crippen LogP contribution in [0.25, 0.3) is 0 Å². The molecule has 0 aliphatic heterocycles. The number of hydrogen-bond acceptors (Lipinski definition) is 2. The molecule has 0 radical (unpaired) electrons. The van der Waals surface area contributed by atoms with Crippen molar-refractivity contribution in [1.29, 1.82) is 0 Å². The molecule has 98 valence electrons. The zero-order valence-electron chi connectivity index (χ0n) is 9.45. The fourth-order valence-electron chi connectivity index (χ4n) is 1.44. The van der Waals surface area contributed by atoms with E-state index >= 15 is 0 Å². The minimum atomic E-state index is -0.289. The summed E-state index contributed by atoms with van der Waals surface area (Å²) in [5, 5.41) is 12.9. The first-order chi connectivity index (χ1) is 8.97. The van der Waals surface area contributed by atoms with Crippen LogP contribution in [0.15, 0.2) is 40.9 Å². The van der Waals surface area contributed by atoms with Gasteiger partial charge in [-0.15, -0.1) is 0 Å². The number of benzene rings is 2. The van der Waals surface area contributed by atoms with Crippen LogP contribution in [0.5, 0.6) is 5.75 Å². The Morgan fingerprint density at radius 2 is 2.00 bits per heavy atom. The van der Waals surface area contributed by atoms with Crippen LogP contribution >= 0.6 is 50.1 Å². The summed E-state index contributed by atoms with van der Waals surface area (Å²) >= 11 is 11.1. The molecule has 0 atom stereocenters. The van der Waals surface area contributed by atoms with E-state index in [4.69, 9.17) is 11.6 Å². The van der Waals surface area contributed by atoms with Crippen molar-refractivity contribution in [3.63, 3.8) is 0 Å². The van der Waals surface area contributed by atoms with Crippen LogP contribution in [0, 0.1) is 3.57 Å². The maximum Gasteiger partial charge on any atom is 0.255 e. The molecule has 2 N–H and O–H groups in total. The highest BCUT2D eigenvalue weighted by Crippen LogP contribution is 2.26. The van der Waals surface area contributed by atoms with Gasteiger partial charge >= 0.3 is 0 Å². The van der Waals surface area contributed by atoms with Crippen molar-refractivity contribution in [1.82, 2.24) is 0 Å². The van der Waals surface area contributed by atoms with Gasteiger partial charge in [0, 0.05) is 14.2 Å². The number of phenolic OH excluding ortho intramolecular Hbond substituents is 1. The number of hydrogen-bond donors (Lipinski definition) is 2.